The van der Waals surface area contributed by atoms with Gasteiger partial charge >= 0.3 is 0 Å². The highest BCUT2D eigenvalue weighted by atomic mass is 16.6. The zero-order chi connectivity index (χ0) is 48.6. The zero-order valence-corrected chi connectivity index (χ0v) is 40.5. The van der Waals surface area contributed by atoms with E-state index >= 15 is 0 Å². The largest absolute Gasteiger partial charge is 0.449 e. The number of para-hydroxylation sites is 3. The van der Waals surface area contributed by atoms with Crippen molar-refractivity contribution in [3.05, 3.63) is 266 Å². The molecule has 0 fully saturated rings. The van der Waals surface area contributed by atoms with Crippen molar-refractivity contribution in [2.45, 2.75) is 19.3 Å². The minimum absolute atomic E-state index is 0.103. The molecule has 0 spiro atoms. The second-order valence-corrected chi connectivity index (χ2v) is 19.7. The molecule has 1 aromatic heterocycles. The van der Waals surface area contributed by atoms with Gasteiger partial charge in [-0.3, -0.25) is 0 Å². The minimum atomic E-state index is -0.103. The second-order valence-electron chi connectivity index (χ2n) is 19.7. The van der Waals surface area contributed by atoms with Gasteiger partial charge in [-0.15, -0.1) is 0 Å². The van der Waals surface area contributed by atoms with E-state index in [1.807, 2.05) is 30.3 Å². The van der Waals surface area contributed by atoms with Crippen LogP contribution in [0.15, 0.2) is 255 Å². The molecule has 0 saturated heterocycles. The summed E-state index contributed by atoms with van der Waals surface area (Å²) in [4.78, 5) is 2.39. The van der Waals surface area contributed by atoms with Gasteiger partial charge in [0, 0.05) is 38.9 Å². The number of ether oxygens (including phenoxy) is 2. The predicted molar refractivity (Wildman–Crippen MR) is 301 cm³/mol. The maximum atomic E-state index is 6.58. The average molecular weight is 937 g/mol. The molecule has 0 unspecified atom stereocenters. The van der Waals surface area contributed by atoms with Crippen LogP contribution in [0.3, 0.4) is 0 Å². The summed E-state index contributed by atoms with van der Waals surface area (Å²) in [6, 6.07) is 91.6. The fraction of sp³-hybridized carbons (Fsp3) is 0.0435. The third-order valence-corrected chi connectivity index (χ3v) is 15.1. The van der Waals surface area contributed by atoms with E-state index in [1.165, 1.54) is 61.0 Å². The van der Waals surface area contributed by atoms with E-state index in [9.17, 15) is 0 Å². The Hall–Kier alpha value is -9.38. The van der Waals surface area contributed by atoms with Gasteiger partial charge in [-0.05, 0) is 146 Å². The van der Waals surface area contributed by atoms with Crippen LogP contribution in [-0.2, 0) is 5.41 Å². The number of hydrogen-bond acceptors (Lipinski definition) is 3. The summed E-state index contributed by atoms with van der Waals surface area (Å²) in [6.07, 6.45) is 0. The minimum Gasteiger partial charge on any atom is -0.449 e. The summed E-state index contributed by atoms with van der Waals surface area (Å²) in [7, 11) is 0. The molecule has 11 aromatic carbocycles. The van der Waals surface area contributed by atoms with E-state index in [0.29, 0.717) is 11.5 Å². The number of hydrogen-bond donors (Lipinski definition) is 0. The van der Waals surface area contributed by atoms with E-state index in [2.05, 4.69) is 248 Å². The summed E-state index contributed by atoms with van der Waals surface area (Å²) in [6.45, 7) is 4.70. The Balaban J connectivity index is 0.726. The Labute approximate surface area is 425 Å². The molecule has 1 aliphatic carbocycles. The monoisotopic (exact) mass is 936 g/mol. The van der Waals surface area contributed by atoms with Gasteiger partial charge in [-0.25, -0.2) is 0 Å². The first-order valence-electron chi connectivity index (χ1n) is 25.1. The van der Waals surface area contributed by atoms with Crippen LogP contribution >= 0.6 is 0 Å². The lowest BCUT2D eigenvalue weighted by atomic mass is 9.82. The molecule has 0 radical (unpaired) electrons. The molecule has 12 aromatic rings. The molecule has 0 amide bonds. The van der Waals surface area contributed by atoms with E-state index in [-0.39, 0.29) is 5.41 Å². The standard InChI is InChI=1S/C69H48N2O2/c1-69(2)61-16-8-6-14-57(61)58-41-40-56(44-62(58)69)70(53-34-28-50(29-35-53)45-12-4-3-5-13-45)54-36-30-51(31-37-54)48-24-20-46(21-25-48)47-22-26-49(27-23-47)52-32-38-55(39-33-52)71-63-17-9-7-15-59(63)60-42-43-66-68(67(60)71)73-65-19-11-10-18-64(65)72-66/h3-44H,1-2H3. The topological polar surface area (TPSA) is 26.6 Å². The third kappa shape index (κ3) is 7.13. The number of aromatic nitrogens is 1. The van der Waals surface area contributed by atoms with Gasteiger partial charge in [-0.1, -0.05) is 190 Å². The fourth-order valence-corrected chi connectivity index (χ4v) is 11.3. The Morgan fingerprint density at radius 1 is 0.342 bits per heavy atom. The van der Waals surface area contributed by atoms with Crippen LogP contribution in [0.25, 0.3) is 83.1 Å². The third-order valence-electron chi connectivity index (χ3n) is 15.1. The summed E-state index contributed by atoms with van der Waals surface area (Å²) >= 11 is 0. The Morgan fingerprint density at radius 2 is 0.808 bits per heavy atom. The quantitative estimate of drug-likeness (QED) is 0.152. The van der Waals surface area contributed by atoms with E-state index in [4.69, 9.17) is 9.47 Å². The molecule has 4 nitrogen and oxygen atoms in total. The van der Waals surface area contributed by atoms with Crippen molar-refractivity contribution in [1.29, 1.82) is 0 Å². The summed E-state index contributed by atoms with van der Waals surface area (Å²) in [5.74, 6) is 2.87. The van der Waals surface area contributed by atoms with Gasteiger partial charge in [0.1, 0.15) is 5.52 Å². The Morgan fingerprint density at radius 3 is 1.42 bits per heavy atom. The molecule has 4 heteroatoms. The molecule has 346 valence electrons. The lowest BCUT2D eigenvalue weighted by Gasteiger charge is -2.28. The molecule has 0 atom stereocenters. The van der Waals surface area contributed by atoms with Crippen LogP contribution in [0.4, 0.5) is 17.1 Å². The smallest absolute Gasteiger partial charge is 0.194 e. The zero-order valence-electron chi connectivity index (χ0n) is 40.5. The van der Waals surface area contributed by atoms with Crippen LogP contribution < -0.4 is 14.4 Å². The summed E-state index contributed by atoms with van der Waals surface area (Å²) in [5, 5.41) is 2.29. The Kier molecular flexibility index (Phi) is 9.84. The highest BCUT2D eigenvalue weighted by Crippen LogP contribution is 2.52. The van der Waals surface area contributed by atoms with E-state index < -0.39 is 0 Å². The molecule has 1 aliphatic heterocycles. The Bertz CT molecular complexity index is 4060. The molecule has 2 aliphatic rings. The first-order chi connectivity index (χ1) is 35.9. The van der Waals surface area contributed by atoms with Crippen LogP contribution in [0.5, 0.6) is 23.0 Å². The molecule has 0 bridgehead atoms. The van der Waals surface area contributed by atoms with Gasteiger partial charge in [0.25, 0.3) is 0 Å². The van der Waals surface area contributed by atoms with Gasteiger partial charge in [-0.2, -0.15) is 0 Å². The summed E-state index contributed by atoms with van der Waals surface area (Å²) in [5.41, 5.74) is 21.2. The molecule has 14 rings (SSSR count). The number of nitrogens with zero attached hydrogens (tertiary/aromatic N) is 2. The van der Waals surface area contributed by atoms with E-state index in [1.54, 1.807) is 0 Å². The highest BCUT2D eigenvalue weighted by molar-refractivity contribution is 6.12. The molecular formula is C69H48N2O2. The van der Waals surface area contributed by atoms with Crippen LogP contribution in [0, 0.1) is 0 Å². The van der Waals surface area contributed by atoms with Gasteiger partial charge < -0.3 is 18.9 Å². The predicted octanol–water partition coefficient (Wildman–Crippen LogP) is 19.1. The van der Waals surface area contributed by atoms with Crippen molar-refractivity contribution in [3.8, 4) is 84.3 Å². The highest BCUT2D eigenvalue weighted by Gasteiger charge is 2.36. The normalized spacial score (nSPS) is 12.8. The SMILES string of the molecule is CC1(C)c2ccccc2-c2ccc(N(c3ccc(-c4ccccc4)cc3)c3ccc(-c4ccc(-c5ccc(-c6ccc(-n7c8ccccc8c8ccc9c(c87)Oc7ccccc7O9)cc6)cc5)cc4)cc3)cc21. The lowest BCUT2D eigenvalue weighted by molar-refractivity contribution is 0.362. The number of benzene rings is 11. The molecular weight excluding hydrogens is 889 g/mol. The number of anilines is 3. The van der Waals surface area contributed by atoms with Crippen LogP contribution in [0.2, 0.25) is 0 Å². The molecule has 73 heavy (non-hydrogen) atoms. The van der Waals surface area contributed by atoms with Crippen molar-refractivity contribution in [1.82, 2.24) is 4.57 Å². The number of fused-ring (bicyclic) bond motifs is 9. The second kappa shape index (κ2) is 16.9. The van der Waals surface area contributed by atoms with Crippen molar-refractivity contribution >= 4 is 38.9 Å². The maximum Gasteiger partial charge on any atom is 0.194 e. The first-order valence-corrected chi connectivity index (χ1v) is 25.1. The van der Waals surface area contributed by atoms with Crippen molar-refractivity contribution < 1.29 is 9.47 Å². The van der Waals surface area contributed by atoms with Crippen LogP contribution in [0.1, 0.15) is 25.0 Å². The first kappa shape index (κ1) is 42.5. The van der Waals surface area contributed by atoms with Crippen molar-refractivity contribution in [2.75, 3.05) is 4.90 Å². The average Bonchev–Trinajstić information content (AvgIpc) is 3.91. The number of rotatable bonds is 8. The van der Waals surface area contributed by atoms with Gasteiger partial charge in [0.2, 0.25) is 0 Å². The summed E-state index contributed by atoms with van der Waals surface area (Å²) < 4.78 is 15.2. The fourth-order valence-electron chi connectivity index (χ4n) is 11.3. The molecule has 2 heterocycles. The van der Waals surface area contributed by atoms with Crippen LogP contribution in [-0.4, -0.2) is 4.57 Å². The van der Waals surface area contributed by atoms with Gasteiger partial charge in [0.05, 0.1) is 5.52 Å². The maximum absolute atomic E-state index is 6.58. The van der Waals surface area contributed by atoms with Gasteiger partial charge in [0.15, 0.2) is 23.0 Å². The molecule has 0 saturated carbocycles. The lowest BCUT2D eigenvalue weighted by Crippen LogP contribution is -2.16. The van der Waals surface area contributed by atoms with E-state index in [0.717, 1.165) is 61.8 Å². The van der Waals surface area contributed by atoms with Crippen molar-refractivity contribution in [3.63, 3.8) is 0 Å². The van der Waals surface area contributed by atoms with Crippen molar-refractivity contribution in [2.24, 2.45) is 0 Å². The molecule has 0 N–H and O–H groups in total.